The highest BCUT2D eigenvalue weighted by atomic mass is 79.9. The standard InChI is InChI=1S/C5H5BrN6S/c6-4-11-12-5(13-4)7-1-3-8-2-9-10-3/h2H,1H2,(H,7,12)(H,8,9,10). The van der Waals surface area contributed by atoms with Crippen LogP contribution in [-0.4, -0.2) is 25.4 Å². The quantitative estimate of drug-likeness (QED) is 0.862. The molecule has 6 nitrogen and oxygen atoms in total. The van der Waals surface area contributed by atoms with E-state index in [9.17, 15) is 0 Å². The summed E-state index contributed by atoms with van der Waals surface area (Å²) < 4.78 is 0.757. The van der Waals surface area contributed by atoms with Gasteiger partial charge in [-0.2, -0.15) is 5.10 Å². The van der Waals surface area contributed by atoms with E-state index in [1.165, 1.54) is 17.7 Å². The van der Waals surface area contributed by atoms with Crippen LogP contribution in [0.1, 0.15) is 5.82 Å². The molecule has 0 spiro atoms. The molecule has 0 aromatic carbocycles. The van der Waals surface area contributed by atoms with Crippen LogP contribution in [0.25, 0.3) is 0 Å². The van der Waals surface area contributed by atoms with Crippen molar-refractivity contribution in [2.75, 3.05) is 5.32 Å². The average molecular weight is 261 g/mol. The van der Waals surface area contributed by atoms with E-state index in [0.717, 1.165) is 14.9 Å². The molecule has 2 N–H and O–H groups in total. The van der Waals surface area contributed by atoms with Gasteiger partial charge in [0.1, 0.15) is 12.2 Å². The lowest BCUT2D eigenvalue weighted by atomic mass is 10.6. The van der Waals surface area contributed by atoms with Crippen LogP contribution in [-0.2, 0) is 6.54 Å². The largest absolute Gasteiger partial charge is 0.353 e. The Labute approximate surface area is 85.9 Å². The third kappa shape index (κ3) is 2.22. The lowest BCUT2D eigenvalue weighted by molar-refractivity contribution is 0.943. The zero-order valence-electron chi connectivity index (χ0n) is 6.36. The van der Waals surface area contributed by atoms with Crippen LogP contribution in [0.2, 0.25) is 0 Å². The molecule has 68 valence electrons. The summed E-state index contributed by atoms with van der Waals surface area (Å²) in [6.07, 6.45) is 1.47. The van der Waals surface area contributed by atoms with Crippen LogP contribution in [0.4, 0.5) is 5.13 Å². The SMILES string of the molecule is Brc1nnc(NCc2ncn[nH]2)s1. The molecule has 0 aliphatic rings. The monoisotopic (exact) mass is 260 g/mol. The fourth-order valence-corrected chi connectivity index (χ4v) is 1.76. The highest BCUT2D eigenvalue weighted by molar-refractivity contribution is 9.11. The van der Waals surface area contributed by atoms with E-state index < -0.39 is 0 Å². The first-order chi connectivity index (χ1) is 6.34. The van der Waals surface area contributed by atoms with Gasteiger partial charge < -0.3 is 5.32 Å². The number of halogens is 1. The first-order valence-electron chi connectivity index (χ1n) is 3.42. The summed E-state index contributed by atoms with van der Waals surface area (Å²) in [5.41, 5.74) is 0. The van der Waals surface area contributed by atoms with Crippen LogP contribution >= 0.6 is 27.3 Å². The summed E-state index contributed by atoms with van der Waals surface area (Å²) >= 11 is 4.65. The average Bonchev–Trinajstić information content (AvgIpc) is 2.71. The first kappa shape index (κ1) is 8.57. The Kier molecular flexibility index (Phi) is 2.50. The second-order valence-corrected chi connectivity index (χ2v) is 4.40. The molecular weight excluding hydrogens is 256 g/mol. The van der Waals surface area contributed by atoms with Gasteiger partial charge in [0.25, 0.3) is 0 Å². The number of anilines is 1. The van der Waals surface area contributed by atoms with Crippen LogP contribution in [0.5, 0.6) is 0 Å². The fourth-order valence-electron chi connectivity index (χ4n) is 0.752. The molecule has 0 aliphatic carbocycles. The van der Waals surface area contributed by atoms with Crippen molar-refractivity contribution >= 4 is 32.4 Å². The van der Waals surface area contributed by atoms with Crippen molar-refractivity contribution in [2.45, 2.75) is 6.54 Å². The zero-order chi connectivity index (χ0) is 9.10. The Morgan fingerprint density at radius 3 is 3.08 bits per heavy atom. The second-order valence-electron chi connectivity index (χ2n) is 2.15. The van der Waals surface area contributed by atoms with E-state index in [0.29, 0.717) is 6.54 Å². The maximum absolute atomic E-state index is 3.95. The molecule has 0 atom stereocenters. The number of aromatic amines is 1. The highest BCUT2D eigenvalue weighted by Gasteiger charge is 2.01. The van der Waals surface area contributed by atoms with E-state index >= 15 is 0 Å². The summed E-state index contributed by atoms with van der Waals surface area (Å²) in [4.78, 5) is 3.95. The van der Waals surface area contributed by atoms with Crippen molar-refractivity contribution in [3.05, 3.63) is 16.1 Å². The summed E-state index contributed by atoms with van der Waals surface area (Å²) in [5, 5.41) is 17.9. The van der Waals surface area contributed by atoms with Gasteiger partial charge in [-0.05, 0) is 15.9 Å². The third-order valence-electron chi connectivity index (χ3n) is 1.27. The second kappa shape index (κ2) is 3.79. The lowest BCUT2D eigenvalue weighted by Crippen LogP contribution is -2.00. The molecule has 8 heteroatoms. The Balaban J connectivity index is 1.93. The van der Waals surface area contributed by atoms with Crippen molar-refractivity contribution < 1.29 is 0 Å². The number of rotatable bonds is 3. The fraction of sp³-hybridized carbons (Fsp3) is 0.200. The molecule has 2 aromatic rings. The van der Waals surface area contributed by atoms with Crippen LogP contribution in [0, 0.1) is 0 Å². The molecule has 0 amide bonds. The van der Waals surface area contributed by atoms with Crippen molar-refractivity contribution in [1.29, 1.82) is 0 Å². The van der Waals surface area contributed by atoms with E-state index in [4.69, 9.17) is 0 Å². The Morgan fingerprint density at radius 2 is 2.46 bits per heavy atom. The Morgan fingerprint density at radius 1 is 1.54 bits per heavy atom. The number of H-pyrrole nitrogens is 1. The van der Waals surface area contributed by atoms with Gasteiger partial charge in [0.2, 0.25) is 5.13 Å². The van der Waals surface area contributed by atoms with E-state index in [1.54, 1.807) is 0 Å². The molecular formula is C5H5BrN6S. The normalized spacial score (nSPS) is 10.2. The molecule has 2 rings (SSSR count). The molecule has 0 saturated carbocycles. The minimum atomic E-state index is 0.571. The number of aromatic nitrogens is 5. The van der Waals surface area contributed by atoms with Gasteiger partial charge in [-0.1, -0.05) is 11.3 Å². The summed E-state index contributed by atoms with van der Waals surface area (Å²) in [6, 6.07) is 0. The molecule has 2 aromatic heterocycles. The van der Waals surface area contributed by atoms with Gasteiger partial charge in [0, 0.05) is 0 Å². The number of nitrogens with one attached hydrogen (secondary N) is 2. The smallest absolute Gasteiger partial charge is 0.206 e. The van der Waals surface area contributed by atoms with Gasteiger partial charge in [-0.25, -0.2) is 4.98 Å². The van der Waals surface area contributed by atoms with Crippen molar-refractivity contribution in [1.82, 2.24) is 25.4 Å². The maximum Gasteiger partial charge on any atom is 0.206 e. The molecule has 0 unspecified atom stereocenters. The summed E-state index contributed by atoms with van der Waals surface area (Å²) in [5.74, 6) is 0.770. The molecule has 0 fully saturated rings. The third-order valence-corrected chi connectivity index (χ3v) is 2.59. The van der Waals surface area contributed by atoms with Crippen LogP contribution in [0.15, 0.2) is 10.2 Å². The number of nitrogens with zero attached hydrogens (tertiary/aromatic N) is 4. The van der Waals surface area contributed by atoms with Gasteiger partial charge >= 0.3 is 0 Å². The topological polar surface area (TPSA) is 79.4 Å². The molecule has 0 bridgehead atoms. The van der Waals surface area contributed by atoms with Gasteiger partial charge in [-0.3, -0.25) is 5.10 Å². The maximum atomic E-state index is 3.95. The minimum Gasteiger partial charge on any atom is -0.353 e. The Bertz CT molecular complexity index is 370. The molecule has 0 saturated heterocycles. The van der Waals surface area contributed by atoms with Gasteiger partial charge in [-0.15, -0.1) is 10.2 Å². The van der Waals surface area contributed by atoms with Gasteiger partial charge in [0.05, 0.1) is 6.54 Å². The lowest BCUT2D eigenvalue weighted by Gasteiger charge is -1.95. The minimum absolute atomic E-state index is 0.571. The summed E-state index contributed by atoms with van der Waals surface area (Å²) in [6.45, 7) is 0.571. The molecule has 13 heavy (non-hydrogen) atoms. The zero-order valence-corrected chi connectivity index (χ0v) is 8.76. The Hall–Kier alpha value is -1.02. The number of hydrogen-bond donors (Lipinski definition) is 2. The summed E-state index contributed by atoms with van der Waals surface area (Å²) in [7, 11) is 0. The van der Waals surface area contributed by atoms with E-state index in [2.05, 4.69) is 46.6 Å². The highest BCUT2D eigenvalue weighted by Crippen LogP contribution is 2.19. The molecule has 2 heterocycles. The molecule has 0 radical (unpaired) electrons. The predicted molar refractivity (Wildman–Crippen MR) is 51.3 cm³/mol. The number of hydrogen-bond acceptors (Lipinski definition) is 6. The van der Waals surface area contributed by atoms with Crippen molar-refractivity contribution in [3.8, 4) is 0 Å². The van der Waals surface area contributed by atoms with Crippen LogP contribution in [0.3, 0.4) is 0 Å². The van der Waals surface area contributed by atoms with Crippen molar-refractivity contribution in [2.24, 2.45) is 0 Å². The van der Waals surface area contributed by atoms with Crippen LogP contribution < -0.4 is 5.32 Å². The predicted octanol–water partition coefficient (Wildman–Crippen LogP) is 1.03. The van der Waals surface area contributed by atoms with Crippen molar-refractivity contribution in [3.63, 3.8) is 0 Å². The van der Waals surface area contributed by atoms with E-state index in [-0.39, 0.29) is 0 Å². The van der Waals surface area contributed by atoms with E-state index in [1.807, 2.05) is 0 Å². The molecule has 0 aliphatic heterocycles. The van der Waals surface area contributed by atoms with Gasteiger partial charge in [0.15, 0.2) is 3.92 Å². The first-order valence-corrected chi connectivity index (χ1v) is 5.02.